The molecule has 0 saturated carbocycles. The van der Waals surface area contributed by atoms with E-state index in [1.807, 2.05) is 36.4 Å². The molecule has 6 nitrogen and oxygen atoms in total. The number of anilines is 1. The first kappa shape index (κ1) is 17.9. The summed E-state index contributed by atoms with van der Waals surface area (Å²) in [7, 11) is 1.28. The average molecular weight is 354 g/mol. The summed E-state index contributed by atoms with van der Waals surface area (Å²) in [5, 5.41) is 3.42. The molecule has 0 spiro atoms. The molecule has 3 N–H and O–H groups in total. The number of amides is 1. The molecular weight excluding hydrogens is 332 g/mol. The quantitative estimate of drug-likeness (QED) is 0.551. The lowest BCUT2D eigenvalue weighted by Gasteiger charge is -2.35. The monoisotopic (exact) mass is 354 g/mol. The molecule has 0 saturated heterocycles. The highest BCUT2D eigenvalue weighted by molar-refractivity contribution is 6.06. The van der Waals surface area contributed by atoms with Crippen LogP contribution in [0.1, 0.15) is 12.8 Å². The standard InChI is InChI=1S/C20H22N2O4/c1-3-4-10-15(22-13-8-6-5-7-9-13)20-12-11-14(26-20)16(18(21)23)17(20)19(24)25-2/h3,5-9,11-12,14-15,22H,1,4,10H2,2H3,(H2,21,23). The molecule has 2 heterocycles. The van der Waals surface area contributed by atoms with Crippen LogP contribution >= 0.6 is 0 Å². The number of hydrogen-bond donors (Lipinski definition) is 2. The molecule has 136 valence electrons. The largest absolute Gasteiger partial charge is 0.466 e. The molecule has 2 aliphatic rings. The molecule has 2 bridgehead atoms. The summed E-state index contributed by atoms with van der Waals surface area (Å²) >= 11 is 0. The van der Waals surface area contributed by atoms with E-state index in [1.54, 1.807) is 12.2 Å². The second kappa shape index (κ2) is 7.17. The first-order valence-corrected chi connectivity index (χ1v) is 8.46. The van der Waals surface area contributed by atoms with E-state index in [1.165, 1.54) is 7.11 Å². The van der Waals surface area contributed by atoms with Crippen LogP contribution in [-0.2, 0) is 19.1 Å². The number of ether oxygens (including phenoxy) is 2. The van der Waals surface area contributed by atoms with Crippen LogP contribution in [0, 0.1) is 0 Å². The van der Waals surface area contributed by atoms with Crippen LogP contribution < -0.4 is 11.1 Å². The van der Waals surface area contributed by atoms with Crippen molar-refractivity contribution in [2.24, 2.45) is 5.73 Å². The number of nitrogens with one attached hydrogen (secondary N) is 1. The maximum atomic E-state index is 12.5. The van der Waals surface area contributed by atoms with Gasteiger partial charge in [-0.1, -0.05) is 30.4 Å². The molecule has 0 aromatic heterocycles. The Kier molecular flexibility index (Phi) is 4.95. The van der Waals surface area contributed by atoms with E-state index in [0.29, 0.717) is 12.8 Å². The van der Waals surface area contributed by atoms with Gasteiger partial charge in [-0.3, -0.25) is 4.79 Å². The van der Waals surface area contributed by atoms with E-state index in [9.17, 15) is 9.59 Å². The van der Waals surface area contributed by atoms with Gasteiger partial charge in [0.05, 0.1) is 24.3 Å². The van der Waals surface area contributed by atoms with Crippen molar-refractivity contribution in [2.45, 2.75) is 30.6 Å². The third-order valence-corrected chi connectivity index (χ3v) is 4.73. The van der Waals surface area contributed by atoms with E-state index >= 15 is 0 Å². The highest BCUT2D eigenvalue weighted by Gasteiger charge is 2.57. The zero-order valence-corrected chi connectivity index (χ0v) is 14.6. The molecule has 0 aliphatic carbocycles. The minimum atomic E-state index is -1.11. The predicted octanol–water partition coefficient (Wildman–Crippen LogP) is 2.10. The Labute approximate surface area is 152 Å². The maximum Gasteiger partial charge on any atom is 0.337 e. The normalized spacial score (nSPS) is 24.4. The lowest BCUT2D eigenvalue weighted by Crippen LogP contribution is -2.48. The molecule has 3 rings (SSSR count). The first-order valence-electron chi connectivity index (χ1n) is 8.46. The Morgan fingerprint density at radius 2 is 2.15 bits per heavy atom. The van der Waals surface area contributed by atoms with Crippen molar-refractivity contribution in [3.63, 3.8) is 0 Å². The molecular formula is C20H22N2O4. The van der Waals surface area contributed by atoms with Crippen LogP contribution in [0.25, 0.3) is 0 Å². The van der Waals surface area contributed by atoms with Crippen LogP contribution in [0.3, 0.4) is 0 Å². The summed E-state index contributed by atoms with van der Waals surface area (Å²) in [5.41, 5.74) is 5.64. The maximum absolute atomic E-state index is 12.5. The Balaban J connectivity index is 2.05. The number of esters is 1. The fourth-order valence-electron chi connectivity index (χ4n) is 3.59. The zero-order valence-electron chi connectivity index (χ0n) is 14.6. The fourth-order valence-corrected chi connectivity index (χ4v) is 3.59. The lowest BCUT2D eigenvalue weighted by atomic mass is 9.79. The van der Waals surface area contributed by atoms with E-state index in [-0.39, 0.29) is 17.2 Å². The first-order chi connectivity index (χ1) is 12.5. The second-order valence-electron chi connectivity index (χ2n) is 6.26. The van der Waals surface area contributed by atoms with Crippen molar-refractivity contribution in [3.8, 4) is 0 Å². The van der Waals surface area contributed by atoms with Gasteiger partial charge in [-0.15, -0.1) is 6.58 Å². The summed E-state index contributed by atoms with van der Waals surface area (Å²) in [6.45, 7) is 3.77. The summed E-state index contributed by atoms with van der Waals surface area (Å²) < 4.78 is 11.0. The predicted molar refractivity (Wildman–Crippen MR) is 98.3 cm³/mol. The Morgan fingerprint density at radius 3 is 2.77 bits per heavy atom. The number of carbonyl (C=O) groups is 2. The molecule has 1 aromatic carbocycles. The molecule has 1 aromatic rings. The summed E-state index contributed by atoms with van der Waals surface area (Å²) in [6, 6.07) is 9.30. The molecule has 3 unspecified atom stereocenters. The highest BCUT2D eigenvalue weighted by atomic mass is 16.5. The Bertz CT molecular complexity index is 784. The van der Waals surface area contributed by atoms with E-state index in [0.717, 1.165) is 5.69 Å². The van der Waals surface area contributed by atoms with Gasteiger partial charge in [0.2, 0.25) is 5.91 Å². The average Bonchev–Trinajstić information content (AvgIpc) is 3.22. The Hall–Kier alpha value is -2.86. The Morgan fingerprint density at radius 1 is 1.42 bits per heavy atom. The topological polar surface area (TPSA) is 90.6 Å². The van der Waals surface area contributed by atoms with Crippen LogP contribution in [0.2, 0.25) is 0 Å². The number of methoxy groups -OCH3 is 1. The van der Waals surface area contributed by atoms with Gasteiger partial charge in [-0.25, -0.2) is 4.79 Å². The number of hydrogen-bond acceptors (Lipinski definition) is 5. The van der Waals surface area contributed by atoms with E-state index in [4.69, 9.17) is 15.2 Å². The highest BCUT2D eigenvalue weighted by Crippen LogP contribution is 2.47. The molecule has 3 atom stereocenters. The van der Waals surface area contributed by atoms with Gasteiger partial charge >= 0.3 is 5.97 Å². The van der Waals surface area contributed by atoms with Crippen LogP contribution in [-0.4, -0.2) is 36.7 Å². The van der Waals surface area contributed by atoms with Crippen molar-refractivity contribution in [3.05, 3.63) is 66.3 Å². The summed E-state index contributed by atoms with van der Waals surface area (Å²) in [4.78, 5) is 24.5. The van der Waals surface area contributed by atoms with Gasteiger partial charge in [0.25, 0.3) is 0 Å². The summed E-state index contributed by atoms with van der Waals surface area (Å²) in [5.74, 6) is -1.28. The van der Waals surface area contributed by atoms with E-state index in [2.05, 4.69) is 11.9 Å². The van der Waals surface area contributed by atoms with Crippen molar-refractivity contribution in [1.29, 1.82) is 0 Å². The van der Waals surface area contributed by atoms with Gasteiger partial charge in [0.15, 0.2) is 0 Å². The van der Waals surface area contributed by atoms with Gasteiger partial charge in [-0.2, -0.15) is 0 Å². The van der Waals surface area contributed by atoms with Gasteiger partial charge in [-0.05, 0) is 31.1 Å². The third kappa shape index (κ3) is 2.93. The van der Waals surface area contributed by atoms with Gasteiger partial charge < -0.3 is 20.5 Å². The molecule has 0 radical (unpaired) electrons. The number of nitrogens with two attached hydrogens (primary N) is 1. The zero-order chi connectivity index (χ0) is 18.7. The SMILES string of the molecule is C=CCCC(Nc1ccccc1)C12C=CC(O1)C(C(N)=O)=C2C(=O)OC. The number of benzene rings is 1. The minimum absolute atomic E-state index is 0.165. The van der Waals surface area contributed by atoms with Crippen molar-refractivity contribution in [1.82, 2.24) is 0 Å². The second-order valence-corrected chi connectivity index (χ2v) is 6.26. The van der Waals surface area contributed by atoms with E-state index < -0.39 is 23.6 Å². The van der Waals surface area contributed by atoms with Crippen molar-refractivity contribution in [2.75, 3.05) is 12.4 Å². The number of primary amides is 1. The smallest absolute Gasteiger partial charge is 0.337 e. The van der Waals surface area contributed by atoms with Crippen molar-refractivity contribution < 1.29 is 19.1 Å². The summed E-state index contributed by atoms with van der Waals surface area (Å²) in [6.07, 6.45) is 6.10. The van der Waals surface area contributed by atoms with Crippen LogP contribution in [0.4, 0.5) is 5.69 Å². The molecule has 26 heavy (non-hydrogen) atoms. The number of allylic oxidation sites excluding steroid dienone is 1. The molecule has 6 heteroatoms. The minimum Gasteiger partial charge on any atom is -0.466 e. The van der Waals surface area contributed by atoms with Crippen LogP contribution in [0.5, 0.6) is 0 Å². The molecule has 2 aliphatic heterocycles. The number of fused-ring (bicyclic) bond motifs is 2. The third-order valence-electron chi connectivity index (χ3n) is 4.73. The number of carbonyl (C=O) groups excluding carboxylic acids is 2. The number of para-hydroxylation sites is 1. The van der Waals surface area contributed by atoms with Gasteiger partial charge in [0.1, 0.15) is 11.7 Å². The fraction of sp³-hybridized carbons (Fsp3) is 0.300. The van der Waals surface area contributed by atoms with Crippen molar-refractivity contribution >= 4 is 17.6 Å². The molecule has 1 amide bonds. The van der Waals surface area contributed by atoms with Crippen LogP contribution in [0.15, 0.2) is 66.3 Å². The van der Waals surface area contributed by atoms with Gasteiger partial charge in [0, 0.05) is 5.69 Å². The lowest BCUT2D eigenvalue weighted by molar-refractivity contribution is -0.138. The molecule has 0 fully saturated rings. The number of rotatable bonds is 8.